The van der Waals surface area contributed by atoms with Crippen LogP contribution < -0.4 is 15.4 Å². The fraction of sp³-hybridized carbons (Fsp3) is 0.278. The number of ether oxygens (including phenoxy) is 1. The molecule has 0 saturated heterocycles. The minimum Gasteiger partial charge on any atom is -0.484 e. The van der Waals surface area contributed by atoms with Crippen molar-refractivity contribution in [2.24, 2.45) is 0 Å². The lowest BCUT2D eigenvalue weighted by molar-refractivity contribution is -0.118. The first-order chi connectivity index (χ1) is 10.7. The maximum Gasteiger partial charge on any atom is 0.262 e. The first-order valence-electron chi connectivity index (χ1n) is 7.51. The summed E-state index contributed by atoms with van der Waals surface area (Å²) in [6.45, 7) is 4.27. The lowest BCUT2D eigenvalue weighted by Crippen LogP contribution is -2.20. The van der Waals surface area contributed by atoms with Crippen LogP contribution in [0.1, 0.15) is 20.3 Å². The van der Waals surface area contributed by atoms with Crippen LogP contribution in [0.25, 0.3) is 0 Å². The molecule has 1 unspecified atom stereocenters. The molecule has 4 nitrogen and oxygen atoms in total. The van der Waals surface area contributed by atoms with Crippen LogP contribution in [0.2, 0.25) is 0 Å². The van der Waals surface area contributed by atoms with E-state index in [4.69, 9.17) is 4.74 Å². The van der Waals surface area contributed by atoms with Crippen molar-refractivity contribution in [1.82, 2.24) is 0 Å². The number of nitrogens with one attached hydrogen (secondary N) is 2. The topological polar surface area (TPSA) is 50.4 Å². The van der Waals surface area contributed by atoms with Gasteiger partial charge in [-0.15, -0.1) is 0 Å². The third-order valence-corrected chi connectivity index (χ3v) is 3.31. The number of rotatable bonds is 7. The van der Waals surface area contributed by atoms with Crippen LogP contribution in [0, 0.1) is 0 Å². The summed E-state index contributed by atoms with van der Waals surface area (Å²) in [7, 11) is 0. The number of benzene rings is 2. The van der Waals surface area contributed by atoms with Gasteiger partial charge < -0.3 is 15.4 Å². The molecule has 0 aliphatic heterocycles. The van der Waals surface area contributed by atoms with Crippen LogP contribution in [-0.4, -0.2) is 18.6 Å². The summed E-state index contributed by atoms with van der Waals surface area (Å²) >= 11 is 0. The van der Waals surface area contributed by atoms with E-state index >= 15 is 0 Å². The van der Waals surface area contributed by atoms with Gasteiger partial charge in [-0.25, -0.2) is 0 Å². The average Bonchev–Trinajstić information content (AvgIpc) is 2.55. The molecule has 0 aromatic heterocycles. The third kappa shape index (κ3) is 5.13. The molecular weight excluding hydrogens is 276 g/mol. The molecular formula is C18H22N2O2. The monoisotopic (exact) mass is 298 g/mol. The molecule has 0 heterocycles. The zero-order chi connectivity index (χ0) is 15.8. The molecule has 1 atom stereocenters. The summed E-state index contributed by atoms with van der Waals surface area (Å²) in [5.41, 5.74) is 1.81. The van der Waals surface area contributed by atoms with Gasteiger partial charge in [-0.3, -0.25) is 4.79 Å². The van der Waals surface area contributed by atoms with E-state index in [9.17, 15) is 4.79 Å². The zero-order valence-corrected chi connectivity index (χ0v) is 13.0. The van der Waals surface area contributed by atoms with E-state index in [2.05, 4.69) is 24.5 Å². The zero-order valence-electron chi connectivity index (χ0n) is 13.0. The largest absolute Gasteiger partial charge is 0.484 e. The number of amides is 1. The van der Waals surface area contributed by atoms with Gasteiger partial charge in [0.15, 0.2) is 6.61 Å². The van der Waals surface area contributed by atoms with E-state index in [1.165, 1.54) is 0 Å². The van der Waals surface area contributed by atoms with Crippen molar-refractivity contribution in [2.75, 3.05) is 17.2 Å². The quantitative estimate of drug-likeness (QED) is 0.814. The number of carbonyl (C=O) groups excluding carboxylic acids is 1. The Hall–Kier alpha value is -2.49. The first kappa shape index (κ1) is 15.9. The fourth-order valence-corrected chi connectivity index (χ4v) is 1.90. The Labute approximate surface area is 131 Å². The molecule has 0 saturated carbocycles. The molecule has 0 radical (unpaired) electrons. The predicted molar refractivity (Wildman–Crippen MR) is 90.4 cm³/mol. The summed E-state index contributed by atoms with van der Waals surface area (Å²) in [5, 5.41) is 6.20. The minimum atomic E-state index is -0.175. The van der Waals surface area contributed by atoms with Crippen LogP contribution in [0.3, 0.4) is 0 Å². The highest BCUT2D eigenvalue weighted by Gasteiger charge is 2.04. The van der Waals surface area contributed by atoms with Gasteiger partial charge in [-0.05, 0) is 49.7 Å². The standard InChI is InChI=1S/C18H22N2O2/c1-3-14(2)19-15-9-11-16(12-10-15)20-18(21)13-22-17-7-5-4-6-8-17/h4-12,14,19H,3,13H2,1-2H3,(H,20,21). The smallest absolute Gasteiger partial charge is 0.262 e. The van der Waals surface area contributed by atoms with Gasteiger partial charge in [-0.1, -0.05) is 25.1 Å². The molecule has 2 aromatic carbocycles. The van der Waals surface area contributed by atoms with Crippen molar-refractivity contribution in [2.45, 2.75) is 26.3 Å². The molecule has 0 bridgehead atoms. The summed E-state index contributed by atoms with van der Waals surface area (Å²) < 4.78 is 5.41. The molecule has 0 spiro atoms. The van der Waals surface area contributed by atoms with Gasteiger partial charge in [0.2, 0.25) is 0 Å². The molecule has 0 aliphatic rings. The van der Waals surface area contributed by atoms with Crippen LogP contribution in [0.15, 0.2) is 54.6 Å². The highest BCUT2D eigenvalue weighted by molar-refractivity contribution is 5.92. The Balaban J connectivity index is 1.81. The summed E-state index contributed by atoms with van der Waals surface area (Å²) in [6, 6.07) is 17.4. The molecule has 2 rings (SSSR count). The van der Waals surface area contributed by atoms with Crippen molar-refractivity contribution in [3.05, 3.63) is 54.6 Å². The summed E-state index contributed by atoms with van der Waals surface area (Å²) in [4.78, 5) is 11.8. The van der Waals surface area contributed by atoms with Crippen LogP contribution in [0.4, 0.5) is 11.4 Å². The van der Waals surface area contributed by atoms with Crippen molar-refractivity contribution in [1.29, 1.82) is 0 Å². The molecule has 2 aromatic rings. The Morgan fingerprint density at radius 2 is 1.68 bits per heavy atom. The SMILES string of the molecule is CCC(C)Nc1ccc(NC(=O)COc2ccccc2)cc1. The Kier molecular flexibility index (Phi) is 5.83. The Morgan fingerprint density at radius 3 is 2.32 bits per heavy atom. The predicted octanol–water partition coefficient (Wildman–Crippen LogP) is 3.91. The third-order valence-electron chi connectivity index (χ3n) is 3.31. The first-order valence-corrected chi connectivity index (χ1v) is 7.51. The van der Waals surface area contributed by atoms with Gasteiger partial charge in [0.05, 0.1) is 0 Å². The minimum absolute atomic E-state index is 0.00309. The lowest BCUT2D eigenvalue weighted by Gasteiger charge is -2.13. The second-order valence-corrected chi connectivity index (χ2v) is 5.18. The highest BCUT2D eigenvalue weighted by Crippen LogP contribution is 2.15. The maximum atomic E-state index is 11.8. The van der Waals surface area contributed by atoms with E-state index in [1.807, 2.05) is 54.6 Å². The molecule has 0 aliphatic carbocycles. The number of hydrogen-bond donors (Lipinski definition) is 2. The normalized spacial score (nSPS) is 11.5. The highest BCUT2D eigenvalue weighted by atomic mass is 16.5. The van der Waals surface area contributed by atoms with Crippen molar-refractivity contribution in [3.63, 3.8) is 0 Å². The van der Waals surface area contributed by atoms with Crippen molar-refractivity contribution >= 4 is 17.3 Å². The average molecular weight is 298 g/mol. The molecule has 22 heavy (non-hydrogen) atoms. The van der Waals surface area contributed by atoms with Gasteiger partial charge in [0.25, 0.3) is 5.91 Å². The number of para-hydroxylation sites is 1. The molecule has 116 valence electrons. The van der Waals surface area contributed by atoms with Crippen LogP contribution >= 0.6 is 0 Å². The maximum absolute atomic E-state index is 11.8. The Morgan fingerprint density at radius 1 is 1.05 bits per heavy atom. The van der Waals surface area contributed by atoms with E-state index in [1.54, 1.807) is 0 Å². The number of anilines is 2. The van der Waals surface area contributed by atoms with Crippen LogP contribution in [0.5, 0.6) is 5.75 Å². The molecule has 2 N–H and O–H groups in total. The fourth-order valence-electron chi connectivity index (χ4n) is 1.90. The van der Waals surface area contributed by atoms with E-state index < -0.39 is 0 Å². The number of carbonyl (C=O) groups is 1. The van der Waals surface area contributed by atoms with E-state index in [-0.39, 0.29) is 12.5 Å². The molecule has 4 heteroatoms. The summed E-state index contributed by atoms with van der Waals surface area (Å²) in [6.07, 6.45) is 1.06. The van der Waals surface area contributed by atoms with E-state index in [0.717, 1.165) is 17.8 Å². The summed E-state index contributed by atoms with van der Waals surface area (Å²) in [5.74, 6) is 0.511. The number of hydrogen-bond acceptors (Lipinski definition) is 3. The Bertz CT molecular complexity index is 582. The molecule has 1 amide bonds. The second kappa shape index (κ2) is 8.08. The van der Waals surface area contributed by atoms with Crippen LogP contribution in [-0.2, 0) is 4.79 Å². The van der Waals surface area contributed by atoms with Gasteiger partial charge in [0, 0.05) is 17.4 Å². The van der Waals surface area contributed by atoms with Gasteiger partial charge in [-0.2, -0.15) is 0 Å². The van der Waals surface area contributed by atoms with Crippen molar-refractivity contribution in [3.8, 4) is 5.75 Å². The molecule has 0 fully saturated rings. The van der Waals surface area contributed by atoms with Gasteiger partial charge in [0.1, 0.15) is 5.75 Å². The van der Waals surface area contributed by atoms with Gasteiger partial charge >= 0.3 is 0 Å². The van der Waals surface area contributed by atoms with Crippen molar-refractivity contribution < 1.29 is 9.53 Å². The van der Waals surface area contributed by atoms with E-state index in [0.29, 0.717) is 11.8 Å². The lowest BCUT2D eigenvalue weighted by atomic mass is 10.2. The second-order valence-electron chi connectivity index (χ2n) is 5.18.